The zero-order chi connectivity index (χ0) is 13.8. The Hall–Kier alpha value is -1.09. The fraction of sp³-hybridized carbons (Fsp3) is 0.533. The third-order valence-electron chi connectivity index (χ3n) is 3.79. The molecule has 1 N–H and O–H groups in total. The summed E-state index contributed by atoms with van der Waals surface area (Å²) in [6.45, 7) is 1.80. The number of hydrogen-bond acceptors (Lipinski definition) is 1. The highest BCUT2D eigenvalue weighted by atomic mass is 35.5. The molecule has 0 bridgehead atoms. The Kier molecular flexibility index (Phi) is 4.81. The molecule has 1 saturated carbocycles. The van der Waals surface area contributed by atoms with E-state index >= 15 is 0 Å². The van der Waals surface area contributed by atoms with Crippen molar-refractivity contribution < 1.29 is 9.18 Å². The first-order valence-electron chi connectivity index (χ1n) is 6.75. The Labute approximate surface area is 118 Å². The van der Waals surface area contributed by atoms with Crippen molar-refractivity contribution in [3.8, 4) is 0 Å². The van der Waals surface area contributed by atoms with E-state index in [2.05, 4.69) is 5.32 Å². The van der Waals surface area contributed by atoms with Gasteiger partial charge in [0.25, 0.3) is 5.91 Å². The molecule has 104 valence electrons. The summed E-state index contributed by atoms with van der Waals surface area (Å²) < 4.78 is 13.7. The van der Waals surface area contributed by atoms with E-state index in [1.807, 2.05) is 0 Å². The van der Waals surface area contributed by atoms with E-state index in [9.17, 15) is 9.18 Å². The molecule has 1 amide bonds. The van der Waals surface area contributed by atoms with Crippen LogP contribution in [0.4, 0.5) is 4.39 Å². The van der Waals surface area contributed by atoms with Gasteiger partial charge in [-0.1, -0.05) is 18.9 Å². The Bertz CT molecular complexity index is 463. The summed E-state index contributed by atoms with van der Waals surface area (Å²) in [5.41, 5.74) is 0.926. The van der Waals surface area contributed by atoms with Crippen molar-refractivity contribution in [2.24, 2.45) is 5.92 Å². The fourth-order valence-corrected chi connectivity index (χ4v) is 3.00. The van der Waals surface area contributed by atoms with Crippen LogP contribution < -0.4 is 5.32 Å². The number of nitrogens with one attached hydrogen (secondary N) is 1. The normalized spacial score (nSPS) is 23.1. The molecule has 0 heterocycles. The molecule has 1 aromatic rings. The smallest absolute Gasteiger partial charge is 0.254 e. The molecule has 1 aromatic carbocycles. The first-order valence-corrected chi connectivity index (χ1v) is 7.28. The third-order valence-corrected chi connectivity index (χ3v) is 4.19. The number of benzene rings is 1. The van der Waals surface area contributed by atoms with Gasteiger partial charge in [0, 0.05) is 11.9 Å². The molecule has 1 aliphatic carbocycles. The number of hydrogen-bond donors (Lipinski definition) is 1. The van der Waals surface area contributed by atoms with Gasteiger partial charge in [-0.3, -0.25) is 4.79 Å². The molecule has 1 aliphatic rings. The van der Waals surface area contributed by atoms with Gasteiger partial charge in [-0.25, -0.2) is 4.39 Å². The summed E-state index contributed by atoms with van der Waals surface area (Å²) in [7, 11) is 0. The van der Waals surface area contributed by atoms with Crippen molar-refractivity contribution in [1.29, 1.82) is 0 Å². The van der Waals surface area contributed by atoms with E-state index in [-0.39, 0.29) is 17.5 Å². The second-order valence-corrected chi connectivity index (χ2v) is 5.57. The molecule has 2 nitrogen and oxygen atoms in total. The van der Waals surface area contributed by atoms with Gasteiger partial charge < -0.3 is 5.32 Å². The lowest BCUT2D eigenvalue weighted by molar-refractivity contribution is 0.0907. The van der Waals surface area contributed by atoms with Crippen LogP contribution in [0.2, 0.25) is 0 Å². The van der Waals surface area contributed by atoms with Gasteiger partial charge in [0.15, 0.2) is 0 Å². The van der Waals surface area contributed by atoms with Crippen molar-refractivity contribution in [3.63, 3.8) is 0 Å². The number of amides is 1. The van der Waals surface area contributed by atoms with Gasteiger partial charge >= 0.3 is 0 Å². The number of alkyl halides is 1. The van der Waals surface area contributed by atoms with Crippen molar-refractivity contribution in [2.75, 3.05) is 5.88 Å². The maximum atomic E-state index is 13.7. The second-order valence-electron chi connectivity index (χ2n) is 5.26. The molecule has 0 spiro atoms. The Morgan fingerprint density at radius 3 is 2.84 bits per heavy atom. The number of carbonyl (C=O) groups excluding carboxylic acids is 1. The molecular weight excluding hydrogens is 265 g/mol. The third kappa shape index (κ3) is 3.47. The fourth-order valence-electron chi connectivity index (χ4n) is 2.63. The molecule has 2 unspecified atom stereocenters. The van der Waals surface area contributed by atoms with Crippen LogP contribution in [0.25, 0.3) is 0 Å². The van der Waals surface area contributed by atoms with Crippen molar-refractivity contribution in [3.05, 3.63) is 35.1 Å². The largest absolute Gasteiger partial charge is 0.349 e. The first-order chi connectivity index (χ1) is 9.11. The summed E-state index contributed by atoms with van der Waals surface area (Å²) in [6, 6.07) is 4.74. The second kappa shape index (κ2) is 6.38. The average Bonchev–Trinajstić information content (AvgIpc) is 2.39. The molecule has 2 atom stereocenters. The van der Waals surface area contributed by atoms with Gasteiger partial charge in [0.1, 0.15) is 5.82 Å². The highest BCUT2D eigenvalue weighted by molar-refractivity contribution is 6.18. The number of rotatable bonds is 3. The highest BCUT2D eigenvalue weighted by Gasteiger charge is 2.26. The van der Waals surface area contributed by atoms with E-state index < -0.39 is 5.82 Å². The van der Waals surface area contributed by atoms with E-state index in [0.29, 0.717) is 11.8 Å². The minimum atomic E-state index is -0.462. The molecule has 0 aliphatic heterocycles. The van der Waals surface area contributed by atoms with Crippen molar-refractivity contribution in [1.82, 2.24) is 5.32 Å². The Balaban J connectivity index is 2.07. The highest BCUT2D eigenvalue weighted by Crippen LogP contribution is 2.25. The Morgan fingerprint density at radius 2 is 2.16 bits per heavy atom. The standard InChI is InChI=1S/C15H19ClFNO/c1-10-6-7-12(13(17)8-10)15(19)18-14-5-3-2-4-11(14)9-16/h6-8,11,14H,2-5,9H2,1H3,(H,18,19). The van der Waals surface area contributed by atoms with Crippen LogP contribution in [0.5, 0.6) is 0 Å². The summed E-state index contributed by atoms with van der Waals surface area (Å²) in [5.74, 6) is 0.0459. The molecular formula is C15H19ClFNO. The summed E-state index contributed by atoms with van der Waals surface area (Å²) in [4.78, 5) is 12.1. The van der Waals surface area contributed by atoms with Gasteiger partial charge in [-0.2, -0.15) is 0 Å². The Morgan fingerprint density at radius 1 is 1.42 bits per heavy atom. The minimum Gasteiger partial charge on any atom is -0.349 e. The number of carbonyl (C=O) groups is 1. The molecule has 4 heteroatoms. The SMILES string of the molecule is Cc1ccc(C(=O)NC2CCCCC2CCl)c(F)c1. The molecule has 0 saturated heterocycles. The van der Waals surface area contributed by atoms with Gasteiger partial charge in [-0.15, -0.1) is 11.6 Å². The molecule has 0 radical (unpaired) electrons. The zero-order valence-electron chi connectivity index (χ0n) is 11.1. The van der Waals surface area contributed by atoms with Crippen LogP contribution in [-0.4, -0.2) is 17.8 Å². The summed E-state index contributed by atoms with van der Waals surface area (Å²) in [5, 5.41) is 2.93. The number of halogens is 2. The van der Waals surface area contributed by atoms with Crippen LogP contribution in [0, 0.1) is 18.7 Å². The molecule has 19 heavy (non-hydrogen) atoms. The van der Waals surface area contributed by atoms with Crippen LogP contribution >= 0.6 is 11.6 Å². The van der Waals surface area contributed by atoms with E-state index in [1.165, 1.54) is 6.07 Å². The van der Waals surface area contributed by atoms with Gasteiger partial charge in [0.05, 0.1) is 5.56 Å². The molecule has 2 rings (SSSR count). The predicted molar refractivity (Wildman–Crippen MR) is 75.1 cm³/mol. The van der Waals surface area contributed by atoms with Crippen molar-refractivity contribution >= 4 is 17.5 Å². The lowest BCUT2D eigenvalue weighted by Gasteiger charge is -2.30. The lowest BCUT2D eigenvalue weighted by atomic mass is 9.85. The topological polar surface area (TPSA) is 29.1 Å². The van der Waals surface area contributed by atoms with Crippen LogP contribution in [0.15, 0.2) is 18.2 Å². The van der Waals surface area contributed by atoms with Crippen LogP contribution in [0.3, 0.4) is 0 Å². The average molecular weight is 284 g/mol. The van der Waals surface area contributed by atoms with E-state index in [4.69, 9.17) is 11.6 Å². The monoisotopic (exact) mass is 283 g/mol. The van der Waals surface area contributed by atoms with Crippen LogP contribution in [-0.2, 0) is 0 Å². The number of aryl methyl sites for hydroxylation is 1. The maximum Gasteiger partial charge on any atom is 0.254 e. The predicted octanol–water partition coefficient (Wildman–Crippen LogP) is 3.66. The van der Waals surface area contributed by atoms with E-state index in [1.54, 1.807) is 19.1 Å². The van der Waals surface area contributed by atoms with Crippen molar-refractivity contribution in [2.45, 2.75) is 38.6 Å². The first kappa shape index (κ1) is 14.3. The van der Waals surface area contributed by atoms with Gasteiger partial charge in [0.2, 0.25) is 0 Å². The summed E-state index contributed by atoms with van der Waals surface area (Å²) in [6.07, 6.45) is 4.21. The minimum absolute atomic E-state index is 0.0689. The lowest BCUT2D eigenvalue weighted by Crippen LogP contribution is -2.43. The van der Waals surface area contributed by atoms with E-state index in [0.717, 1.165) is 31.2 Å². The maximum absolute atomic E-state index is 13.7. The van der Waals surface area contributed by atoms with Gasteiger partial charge in [-0.05, 0) is 43.4 Å². The zero-order valence-corrected chi connectivity index (χ0v) is 11.8. The molecule has 1 fully saturated rings. The molecule has 0 aromatic heterocycles. The quantitative estimate of drug-likeness (QED) is 0.843. The summed E-state index contributed by atoms with van der Waals surface area (Å²) >= 11 is 5.93. The van der Waals surface area contributed by atoms with Crippen LogP contribution in [0.1, 0.15) is 41.6 Å².